The molecule has 0 bridgehead atoms. The zero-order valence-electron chi connectivity index (χ0n) is 9.94. The number of methoxy groups -OCH3 is 1. The maximum absolute atomic E-state index is 11.0. The molecule has 5 heteroatoms. The summed E-state index contributed by atoms with van der Waals surface area (Å²) in [6.45, 7) is 3.65. The summed E-state index contributed by atoms with van der Waals surface area (Å²) in [6, 6.07) is 0. The molecular weight excluding hydrogens is 212 g/mol. The molecule has 0 atom stereocenters. The van der Waals surface area contributed by atoms with Gasteiger partial charge in [-0.15, -0.1) is 0 Å². The Kier molecular flexibility index (Phi) is 11.2. The molecule has 0 spiro atoms. The molecule has 0 amide bonds. The van der Waals surface area contributed by atoms with Crippen LogP contribution >= 0.6 is 0 Å². The number of hydrogen-bond acceptors (Lipinski definition) is 5. The van der Waals surface area contributed by atoms with Crippen LogP contribution in [-0.4, -0.2) is 46.1 Å². The van der Waals surface area contributed by atoms with Crippen LogP contribution < -0.4 is 0 Å². The lowest BCUT2D eigenvalue weighted by molar-refractivity contribution is -0.149. The van der Waals surface area contributed by atoms with E-state index in [-0.39, 0.29) is 12.6 Å². The van der Waals surface area contributed by atoms with Crippen LogP contribution in [0.2, 0.25) is 0 Å². The molecule has 0 rings (SSSR count). The van der Waals surface area contributed by atoms with Crippen molar-refractivity contribution >= 4 is 5.97 Å². The highest BCUT2D eigenvalue weighted by Crippen LogP contribution is 1.86. The lowest BCUT2D eigenvalue weighted by Crippen LogP contribution is -2.15. The van der Waals surface area contributed by atoms with E-state index in [1.54, 1.807) is 19.4 Å². The number of rotatable bonds is 10. The van der Waals surface area contributed by atoms with Crippen molar-refractivity contribution < 1.29 is 23.7 Å². The Morgan fingerprint density at radius 1 is 1.19 bits per heavy atom. The number of ether oxygens (including phenoxy) is 4. The van der Waals surface area contributed by atoms with Crippen LogP contribution in [0.25, 0.3) is 0 Å². The Morgan fingerprint density at radius 3 is 2.62 bits per heavy atom. The Balaban J connectivity index is 3.14. The number of carbonyl (C=O) groups excluding carboxylic acids is 1. The van der Waals surface area contributed by atoms with E-state index in [0.29, 0.717) is 26.4 Å². The SMILES string of the molecule is CCCOC(=O)COCCOC/C=C/OC. The second kappa shape index (κ2) is 12.0. The minimum Gasteiger partial charge on any atom is -0.505 e. The third-order valence-corrected chi connectivity index (χ3v) is 1.51. The average Bonchev–Trinajstić information content (AvgIpc) is 2.30. The van der Waals surface area contributed by atoms with Gasteiger partial charge in [-0.2, -0.15) is 0 Å². The van der Waals surface area contributed by atoms with Gasteiger partial charge in [0.1, 0.15) is 6.61 Å². The van der Waals surface area contributed by atoms with Gasteiger partial charge in [0, 0.05) is 0 Å². The quantitative estimate of drug-likeness (QED) is 0.321. The first-order valence-corrected chi connectivity index (χ1v) is 5.30. The third-order valence-electron chi connectivity index (χ3n) is 1.51. The summed E-state index contributed by atoms with van der Waals surface area (Å²) >= 11 is 0. The highest BCUT2D eigenvalue weighted by molar-refractivity contribution is 5.70. The summed E-state index contributed by atoms with van der Waals surface area (Å²) < 4.78 is 19.7. The molecule has 0 heterocycles. The summed E-state index contributed by atoms with van der Waals surface area (Å²) in [5, 5.41) is 0. The standard InChI is InChI=1S/C11H20O5/c1-3-5-16-11(12)10-15-9-8-14-7-4-6-13-2/h4,6H,3,5,7-10H2,1-2H3/b6-4+. The van der Waals surface area contributed by atoms with Crippen LogP contribution in [0.1, 0.15) is 13.3 Å². The summed E-state index contributed by atoms with van der Waals surface area (Å²) in [4.78, 5) is 11.0. The lowest BCUT2D eigenvalue weighted by Gasteiger charge is -2.04. The van der Waals surface area contributed by atoms with Crippen molar-refractivity contribution in [2.45, 2.75) is 13.3 Å². The van der Waals surface area contributed by atoms with Gasteiger partial charge < -0.3 is 18.9 Å². The van der Waals surface area contributed by atoms with E-state index in [4.69, 9.17) is 14.2 Å². The predicted molar refractivity (Wildman–Crippen MR) is 59.0 cm³/mol. The molecule has 0 aliphatic heterocycles. The fourth-order valence-corrected chi connectivity index (χ4v) is 0.818. The molecule has 16 heavy (non-hydrogen) atoms. The van der Waals surface area contributed by atoms with Crippen LogP contribution in [0, 0.1) is 0 Å². The molecule has 0 saturated heterocycles. The van der Waals surface area contributed by atoms with E-state index >= 15 is 0 Å². The maximum atomic E-state index is 11.0. The Labute approximate surface area is 96.3 Å². The molecule has 0 aromatic heterocycles. The summed E-state index contributed by atoms with van der Waals surface area (Å²) in [6.07, 6.45) is 4.11. The average molecular weight is 232 g/mol. The molecule has 0 fully saturated rings. The van der Waals surface area contributed by atoms with Crippen LogP contribution in [0.5, 0.6) is 0 Å². The Bertz CT molecular complexity index is 191. The maximum Gasteiger partial charge on any atom is 0.332 e. The van der Waals surface area contributed by atoms with E-state index in [1.165, 1.54) is 0 Å². The van der Waals surface area contributed by atoms with Gasteiger partial charge >= 0.3 is 5.97 Å². The molecule has 0 aliphatic rings. The van der Waals surface area contributed by atoms with E-state index in [9.17, 15) is 4.79 Å². The van der Waals surface area contributed by atoms with Crippen molar-refractivity contribution in [3.8, 4) is 0 Å². The zero-order chi connectivity index (χ0) is 12.1. The van der Waals surface area contributed by atoms with Crippen LogP contribution in [0.3, 0.4) is 0 Å². The molecule has 0 radical (unpaired) electrons. The second-order valence-corrected chi connectivity index (χ2v) is 2.96. The highest BCUT2D eigenvalue weighted by Gasteiger charge is 2.00. The topological polar surface area (TPSA) is 54.0 Å². The Hall–Kier alpha value is -1.07. The van der Waals surface area contributed by atoms with Crippen molar-refractivity contribution in [1.29, 1.82) is 0 Å². The van der Waals surface area contributed by atoms with Crippen molar-refractivity contribution in [2.75, 3.05) is 40.1 Å². The summed E-state index contributed by atoms with van der Waals surface area (Å²) in [5.74, 6) is -0.332. The van der Waals surface area contributed by atoms with Gasteiger partial charge in [-0.3, -0.25) is 0 Å². The molecule has 0 aromatic rings. The molecule has 5 nitrogen and oxygen atoms in total. The van der Waals surface area contributed by atoms with Gasteiger partial charge in [-0.1, -0.05) is 6.92 Å². The zero-order valence-corrected chi connectivity index (χ0v) is 9.94. The minimum absolute atomic E-state index is 0.0166. The van der Waals surface area contributed by atoms with E-state index in [2.05, 4.69) is 4.74 Å². The molecule has 94 valence electrons. The minimum atomic E-state index is -0.332. The van der Waals surface area contributed by atoms with Gasteiger partial charge in [0.2, 0.25) is 0 Å². The van der Waals surface area contributed by atoms with E-state index < -0.39 is 0 Å². The molecule has 0 N–H and O–H groups in total. The molecule has 0 unspecified atom stereocenters. The fourth-order valence-electron chi connectivity index (χ4n) is 0.818. The van der Waals surface area contributed by atoms with Gasteiger partial charge in [0.15, 0.2) is 0 Å². The van der Waals surface area contributed by atoms with Crippen molar-refractivity contribution in [1.82, 2.24) is 0 Å². The van der Waals surface area contributed by atoms with Crippen LogP contribution in [0.15, 0.2) is 12.3 Å². The number of carbonyl (C=O) groups is 1. The van der Waals surface area contributed by atoms with Gasteiger partial charge in [0.25, 0.3) is 0 Å². The van der Waals surface area contributed by atoms with Crippen molar-refractivity contribution in [3.05, 3.63) is 12.3 Å². The molecular formula is C11H20O5. The smallest absolute Gasteiger partial charge is 0.332 e. The second-order valence-electron chi connectivity index (χ2n) is 2.96. The Morgan fingerprint density at radius 2 is 1.94 bits per heavy atom. The van der Waals surface area contributed by atoms with Crippen LogP contribution in [0.4, 0.5) is 0 Å². The first kappa shape index (κ1) is 14.9. The van der Waals surface area contributed by atoms with Gasteiger partial charge in [-0.25, -0.2) is 4.79 Å². The molecule has 0 aliphatic carbocycles. The van der Waals surface area contributed by atoms with Gasteiger partial charge in [0.05, 0.1) is 39.8 Å². The first-order chi connectivity index (χ1) is 7.81. The van der Waals surface area contributed by atoms with E-state index in [0.717, 1.165) is 6.42 Å². The number of esters is 1. The summed E-state index contributed by atoms with van der Waals surface area (Å²) in [5.41, 5.74) is 0. The largest absolute Gasteiger partial charge is 0.505 e. The van der Waals surface area contributed by atoms with Crippen molar-refractivity contribution in [2.24, 2.45) is 0 Å². The third kappa shape index (κ3) is 11.0. The summed E-state index contributed by atoms with van der Waals surface area (Å²) in [7, 11) is 1.57. The fraction of sp³-hybridized carbons (Fsp3) is 0.727. The molecule has 0 aromatic carbocycles. The van der Waals surface area contributed by atoms with Gasteiger partial charge in [-0.05, 0) is 12.5 Å². The first-order valence-electron chi connectivity index (χ1n) is 5.30. The number of hydrogen-bond donors (Lipinski definition) is 0. The highest BCUT2D eigenvalue weighted by atomic mass is 16.6. The molecule has 0 saturated carbocycles. The van der Waals surface area contributed by atoms with Crippen LogP contribution in [-0.2, 0) is 23.7 Å². The normalized spacial score (nSPS) is 10.6. The van der Waals surface area contributed by atoms with Crippen molar-refractivity contribution in [3.63, 3.8) is 0 Å². The predicted octanol–water partition coefficient (Wildman–Crippen LogP) is 1.13. The monoisotopic (exact) mass is 232 g/mol. The van der Waals surface area contributed by atoms with E-state index in [1.807, 2.05) is 6.92 Å². The lowest BCUT2D eigenvalue weighted by atomic mass is 10.5.